The summed E-state index contributed by atoms with van der Waals surface area (Å²) in [7, 11) is 0. The maximum absolute atomic E-state index is 12.5. The van der Waals surface area contributed by atoms with Gasteiger partial charge in [0.15, 0.2) is 0 Å². The topological polar surface area (TPSA) is 45.8 Å². The number of fused-ring (bicyclic) bond motifs is 1. The van der Waals surface area contributed by atoms with Crippen LogP contribution in [0.1, 0.15) is 0 Å². The number of hydrogen-bond acceptors (Lipinski definition) is 2. The van der Waals surface area contributed by atoms with Gasteiger partial charge in [-0.3, -0.25) is 0 Å². The molecule has 0 aliphatic carbocycles. The van der Waals surface area contributed by atoms with Crippen LogP contribution in [0.2, 0.25) is 5.02 Å². The van der Waals surface area contributed by atoms with Crippen molar-refractivity contribution in [2.75, 3.05) is 0 Å². The molecule has 0 unspecified atom stereocenters. The first kappa shape index (κ1) is 12.5. The van der Waals surface area contributed by atoms with Gasteiger partial charge in [0.1, 0.15) is 0 Å². The van der Waals surface area contributed by atoms with Gasteiger partial charge in [0.25, 0.3) is 0 Å². The van der Waals surface area contributed by atoms with Crippen LogP contribution in [0.3, 0.4) is 0 Å². The van der Waals surface area contributed by atoms with Crippen LogP contribution in [-0.4, -0.2) is 26.8 Å². The van der Waals surface area contributed by atoms with Crippen molar-refractivity contribution in [1.29, 1.82) is 0 Å². The molecule has 2 heterocycles. The molecule has 3 nitrogen and oxygen atoms in total. The van der Waals surface area contributed by atoms with E-state index in [1.54, 1.807) is 30.6 Å². The molecule has 0 bridgehead atoms. The molecule has 1 N–H and O–H groups in total. The molecule has 2 radical (unpaired) electrons. The SMILES string of the molecule is O=c1c(-c2ccc(Cl)cc2)c[nH]c2ccnc([As])c12. The first-order chi connectivity index (χ1) is 9.16. The summed E-state index contributed by atoms with van der Waals surface area (Å²) < 4.78 is 0.669. The molecule has 5 heteroatoms. The molecular formula is C14H8AsClN2O. The monoisotopic (exact) mass is 330 g/mol. The standard InChI is InChI=1S/C14H8AsClN2O/c15-14-12-11(5-6-17-14)18-7-10(13(12)19)8-1-3-9(16)4-2-8/h1-7H,(H,18,19). The Kier molecular flexibility index (Phi) is 3.17. The Morgan fingerprint density at radius 2 is 1.89 bits per heavy atom. The minimum absolute atomic E-state index is 0.0280. The number of nitrogens with one attached hydrogen (secondary N) is 1. The molecule has 0 spiro atoms. The van der Waals surface area contributed by atoms with Crippen molar-refractivity contribution >= 4 is 43.8 Å². The zero-order valence-electron chi connectivity index (χ0n) is 9.72. The number of rotatable bonds is 1. The average molecular weight is 331 g/mol. The molecule has 0 saturated carbocycles. The number of halogens is 1. The van der Waals surface area contributed by atoms with E-state index in [2.05, 4.69) is 26.8 Å². The van der Waals surface area contributed by atoms with Crippen molar-refractivity contribution in [3.8, 4) is 11.1 Å². The van der Waals surface area contributed by atoms with Gasteiger partial charge in [0.05, 0.1) is 0 Å². The van der Waals surface area contributed by atoms with Gasteiger partial charge in [-0.15, -0.1) is 0 Å². The Morgan fingerprint density at radius 1 is 1.16 bits per heavy atom. The fraction of sp³-hybridized carbons (Fsp3) is 0. The van der Waals surface area contributed by atoms with Gasteiger partial charge in [-0.05, 0) is 0 Å². The summed E-state index contributed by atoms with van der Waals surface area (Å²) in [5.74, 6) is 0. The molecule has 0 fully saturated rings. The Labute approximate surface area is 123 Å². The van der Waals surface area contributed by atoms with Crippen molar-refractivity contribution in [3.05, 3.63) is 58.0 Å². The molecular weight excluding hydrogens is 323 g/mol. The van der Waals surface area contributed by atoms with Crippen LogP contribution in [0, 0.1) is 0 Å². The van der Waals surface area contributed by atoms with Gasteiger partial charge in [0.2, 0.25) is 0 Å². The predicted molar refractivity (Wildman–Crippen MR) is 78.2 cm³/mol. The van der Waals surface area contributed by atoms with Crippen LogP contribution in [0.25, 0.3) is 22.0 Å². The summed E-state index contributed by atoms with van der Waals surface area (Å²) in [6, 6.07) is 9.00. The zero-order valence-corrected chi connectivity index (χ0v) is 12.4. The number of pyridine rings is 2. The summed E-state index contributed by atoms with van der Waals surface area (Å²) in [6.07, 6.45) is 3.40. The number of hydrogen-bond donors (Lipinski definition) is 1. The van der Waals surface area contributed by atoms with Crippen LogP contribution >= 0.6 is 11.6 Å². The van der Waals surface area contributed by atoms with Gasteiger partial charge in [-0.2, -0.15) is 0 Å². The summed E-state index contributed by atoms with van der Waals surface area (Å²) >= 11 is 8.19. The van der Waals surface area contributed by atoms with E-state index >= 15 is 0 Å². The molecule has 0 aliphatic heterocycles. The van der Waals surface area contributed by atoms with Gasteiger partial charge < -0.3 is 0 Å². The van der Waals surface area contributed by atoms with E-state index in [0.717, 1.165) is 11.1 Å². The van der Waals surface area contributed by atoms with Crippen LogP contribution in [0.15, 0.2) is 47.5 Å². The van der Waals surface area contributed by atoms with Crippen molar-refractivity contribution < 1.29 is 0 Å². The third-order valence-electron chi connectivity index (χ3n) is 2.93. The average Bonchev–Trinajstić information content (AvgIpc) is 2.40. The van der Waals surface area contributed by atoms with Crippen LogP contribution in [-0.2, 0) is 0 Å². The second-order valence-electron chi connectivity index (χ2n) is 4.10. The number of aromatic amines is 1. The first-order valence-electron chi connectivity index (χ1n) is 5.62. The number of nitrogens with zero attached hydrogens (tertiary/aromatic N) is 1. The fourth-order valence-corrected chi connectivity index (χ4v) is 2.72. The first-order valence-corrected chi connectivity index (χ1v) is 6.94. The van der Waals surface area contributed by atoms with Crippen molar-refractivity contribution in [1.82, 2.24) is 9.97 Å². The number of H-pyrrole nitrogens is 1. The molecule has 19 heavy (non-hydrogen) atoms. The third kappa shape index (κ3) is 2.20. The summed E-state index contributed by atoms with van der Waals surface area (Å²) in [6.45, 7) is 0. The zero-order chi connectivity index (χ0) is 13.4. The van der Waals surface area contributed by atoms with Gasteiger partial charge in [-0.1, -0.05) is 0 Å². The molecule has 0 aliphatic rings. The molecule has 0 amide bonds. The van der Waals surface area contributed by atoms with Gasteiger partial charge in [-0.25, -0.2) is 0 Å². The molecule has 92 valence electrons. The summed E-state index contributed by atoms with van der Waals surface area (Å²) in [5, 5.41) is 1.26. The second kappa shape index (κ2) is 4.84. The molecule has 3 rings (SSSR count). The van der Waals surface area contributed by atoms with Gasteiger partial charge >= 0.3 is 123 Å². The predicted octanol–water partition coefficient (Wildman–Crippen LogP) is 2.04. The van der Waals surface area contributed by atoms with Gasteiger partial charge in [0, 0.05) is 0 Å². The molecule has 0 saturated heterocycles. The molecule has 3 aromatic rings. The summed E-state index contributed by atoms with van der Waals surface area (Å²) in [4.78, 5) is 19.8. The summed E-state index contributed by atoms with van der Waals surface area (Å²) in [5.41, 5.74) is 2.21. The van der Waals surface area contributed by atoms with Crippen molar-refractivity contribution in [2.45, 2.75) is 0 Å². The van der Waals surface area contributed by atoms with Crippen LogP contribution in [0.5, 0.6) is 0 Å². The molecule has 2 aromatic heterocycles. The molecule has 1 aromatic carbocycles. The number of aromatic nitrogens is 2. The van der Waals surface area contributed by atoms with E-state index in [0.29, 0.717) is 20.5 Å². The van der Waals surface area contributed by atoms with E-state index in [-0.39, 0.29) is 5.43 Å². The van der Waals surface area contributed by atoms with E-state index < -0.39 is 0 Å². The Hall–Kier alpha value is -1.57. The van der Waals surface area contributed by atoms with Crippen molar-refractivity contribution in [2.24, 2.45) is 0 Å². The molecule has 0 atom stereocenters. The van der Waals surface area contributed by atoms with E-state index in [1.165, 1.54) is 0 Å². The Bertz CT molecular complexity index is 812. The van der Waals surface area contributed by atoms with E-state index in [1.807, 2.05) is 12.1 Å². The Morgan fingerprint density at radius 3 is 2.63 bits per heavy atom. The fourth-order valence-electron chi connectivity index (χ4n) is 1.99. The number of benzene rings is 1. The van der Waals surface area contributed by atoms with E-state index in [9.17, 15) is 4.79 Å². The normalized spacial score (nSPS) is 10.8. The van der Waals surface area contributed by atoms with Crippen LogP contribution < -0.4 is 9.91 Å². The third-order valence-corrected chi connectivity index (χ3v) is 3.89. The van der Waals surface area contributed by atoms with Crippen molar-refractivity contribution in [3.63, 3.8) is 0 Å². The quantitative estimate of drug-likeness (QED) is 0.694. The Balaban J connectivity index is 2.32. The maximum atomic E-state index is 12.5. The second-order valence-corrected chi connectivity index (χ2v) is 5.42. The van der Waals surface area contributed by atoms with Crippen LogP contribution in [0.4, 0.5) is 0 Å². The minimum atomic E-state index is -0.0280. The van der Waals surface area contributed by atoms with E-state index in [4.69, 9.17) is 11.6 Å².